The molecule has 0 fully saturated rings. The van der Waals surface area contributed by atoms with E-state index in [9.17, 15) is 4.79 Å². The molecule has 4 rings (SSSR count). The summed E-state index contributed by atoms with van der Waals surface area (Å²) < 4.78 is 5.51. The molecule has 150 valence electrons. The van der Waals surface area contributed by atoms with E-state index in [1.165, 1.54) is 22.3 Å². The number of nitrogens with zero attached hydrogens (tertiary/aromatic N) is 1. The normalized spacial score (nSPS) is 11.8. The van der Waals surface area contributed by atoms with Gasteiger partial charge in [0, 0.05) is 25.1 Å². The average Bonchev–Trinajstić information content (AvgIpc) is 3.09. The van der Waals surface area contributed by atoms with E-state index in [2.05, 4.69) is 46.4 Å². The average molecular weight is 397 g/mol. The summed E-state index contributed by atoms with van der Waals surface area (Å²) in [5.74, 6) is 5.99. The lowest BCUT2D eigenvalue weighted by Crippen LogP contribution is -2.26. The van der Waals surface area contributed by atoms with Gasteiger partial charge >= 0.3 is 6.09 Å². The summed E-state index contributed by atoms with van der Waals surface area (Å²) in [4.78, 5) is 16.3. The predicted molar refractivity (Wildman–Crippen MR) is 118 cm³/mol. The number of ether oxygens (including phenoxy) is 1. The number of aromatic nitrogens is 1. The number of alkyl carbamates (subject to hydrolysis) is 1. The minimum absolute atomic E-state index is 0.0540. The lowest BCUT2D eigenvalue weighted by Gasteiger charge is -2.14. The molecule has 0 saturated heterocycles. The van der Waals surface area contributed by atoms with Crippen LogP contribution >= 0.6 is 0 Å². The van der Waals surface area contributed by atoms with Crippen molar-refractivity contribution in [2.45, 2.75) is 19.3 Å². The Morgan fingerprint density at radius 2 is 1.77 bits per heavy atom. The number of aryl methyl sites for hydroxylation is 1. The van der Waals surface area contributed by atoms with E-state index in [1.807, 2.05) is 37.3 Å². The molecule has 0 aliphatic heterocycles. The van der Waals surface area contributed by atoms with E-state index >= 15 is 0 Å². The van der Waals surface area contributed by atoms with Gasteiger partial charge < -0.3 is 15.8 Å². The Morgan fingerprint density at radius 3 is 2.47 bits per heavy atom. The Hall–Kier alpha value is -3.78. The number of carbonyl (C=O) groups is 1. The zero-order valence-corrected chi connectivity index (χ0v) is 16.8. The molecule has 5 nitrogen and oxygen atoms in total. The first-order valence-corrected chi connectivity index (χ1v) is 9.94. The second-order valence-corrected chi connectivity index (χ2v) is 7.19. The number of anilines is 1. The molecule has 1 aliphatic rings. The standard InChI is InChI=1S/C25H23N3O2/c1-17-13-15-27-23(24(17)26)12-6-7-14-28-25(29)30-16-22-20-10-4-2-8-18(20)19-9-3-5-11-21(19)22/h2-5,8-11,13,15,22H,7,14,16,26H2,1H3,(H,28,29). The minimum atomic E-state index is -0.438. The van der Waals surface area contributed by atoms with Crippen molar-refractivity contribution in [3.63, 3.8) is 0 Å². The quantitative estimate of drug-likeness (QED) is 0.510. The number of rotatable bonds is 4. The highest BCUT2D eigenvalue weighted by Gasteiger charge is 2.28. The molecule has 0 spiro atoms. The monoisotopic (exact) mass is 397 g/mol. The van der Waals surface area contributed by atoms with Gasteiger partial charge in [-0.05, 0) is 46.7 Å². The van der Waals surface area contributed by atoms with Crippen molar-refractivity contribution in [1.29, 1.82) is 0 Å². The van der Waals surface area contributed by atoms with E-state index in [0.29, 0.717) is 31.0 Å². The number of hydrogen-bond acceptors (Lipinski definition) is 4. The molecule has 30 heavy (non-hydrogen) atoms. The Morgan fingerprint density at radius 1 is 1.10 bits per heavy atom. The van der Waals surface area contributed by atoms with Crippen LogP contribution in [0.1, 0.15) is 34.7 Å². The Bertz CT molecular complexity index is 1100. The van der Waals surface area contributed by atoms with Crippen molar-refractivity contribution in [2.24, 2.45) is 0 Å². The molecule has 0 bridgehead atoms. The molecule has 1 heterocycles. The number of hydrogen-bond donors (Lipinski definition) is 2. The molecule has 5 heteroatoms. The number of benzene rings is 2. The molecule has 1 aliphatic carbocycles. The van der Waals surface area contributed by atoms with Crippen molar-refractivity contribution >= 4 is 11.8 Å². The van der Waals surface area contributed by atoms with Gasteiger partial charge in [-0.25, -0.2) is 9.78 Å². The summed E-state index contributed by atoms with van der Waals surface area (Å²) in [6.45, 7) is 2.62. The molecule has 0 atom stereocenters. The lowest BCUT2D eigenvalue weighted by atomic mass is 9.98. The van der Waals surface area contributed by atoms with Gasteiger partial charge in [0.15, 0.2) is 0 Å². The van der Waals surface area contributed by atoms with E-state index in [1.54, 1.807) is 6.20 Å². The molecular weight excluding hydrogens is 374 g/mol. The molecule has 3 N–H and O–H groups in total. The minimum Gasteiger partial charge on any atom is -0.449 e. The second kappa shape index (κ2) is 8.71. The van der Waals surface area contributed by atoms with Gasteiger partial charge in [-0.3, -0.25) is 0 Å². The smallest absolute Gasteiger partial charge is 0.407 e. The number of carbonyl (C=O) groups excluding carboxylic acids is 1. The van der Waals surface area contributed by atoms with E-state index in [0.717, 1.165) is 5.56 Å². The molecule has 0 radical (unpaired) electrons. The topological polar surface area (TPSA) is 77.2 Å². The number of nitrogen functional groups attached to an aromatic ring is 1. The van der Waals surface area contributed by atoms with Gasteiger partial charge in [0.1, 0.15) is 12.3 Å². The van der Waals surface area contributed by atoms with Crippen molar-refractivity contribution in [3.8, 4) is 23.0 Å². The van der Waals surface area contributed by atoms with Crippen LogP contribution in [0.3, 0.4) is 0 Å². The van der Waals surface area contributed by atoms with Crippen LogP contribution in [-0.4, -0.2) is 24.2 Å². The Balaban J connectivity index is 1.30. The SMILES string of the molecule is Cc1ccnc(C#CCCNC(=O)OCC2c3ccccc3-c3ccccc32)c1N. The van der Waals surface area contributed by atoms with Gasteiger partial charge in [-0.1, -0.05) is 54.5 Å². The number of amides is 1. The third-order valence-electron chi connectivity index (χ3n) is 5.28. The van der Waals surface area contributed by atoms with Crippen molar-refractivity contribution in [1.82, 2.24) is 10.3 Å². The highest BCUT2D eigenvalue weighted by molar-refractivity contribution is 5.79. The number of pyridine rings is 1. The largest absolute Gasteiger partial charge is 0.449 e. The molecular formula is C25H23N3O2. The number of nitrogens with one attached hydrogen (secondary N) is 1. The molecule has 1 aromatic heterocycles. The van der Waals surface area contributed by atoms with Gasteiger partial charge in [0.25, 0.3) is 0 Å². The van der Waals surface area contributed by atoms with E-state index in [-0.39, 0.29) is 5.92 Å². The van der Waals surface area contributed by atoms with Crippen LogP contribution in [0.4, 0.5) is 10.5 Å². The van der Waals surface area contributed by atoms with Crippen molar-refractivity contribution < 1.29 is 9.53 Å². The second-order valence-electron chi connectivity index (χ2n) is 7.19. The first-order valence-electron chi connectivity index (χ1n) is 9.94. The fourth-order valence-electron chi connectivity index (χ4n) is 3.69. The van der Waals surface area contributed by atoms with Gasteiger partial charge in [-0.15, -0.1) is 0 Å². The number of nitrogens with two attached hydrogens (primary N) is 1. The van der Waals surface area contributed by atoms with Crippen LogP contribution in [-0.2, 0) is 4.74 Å². The van der Waals surface area contributed by atoms with Crippen LogP contribution in [0.25, 0.3) is 11.1 Å². The molecule has 0 unspecified atom stereocenters. The third-order valence-corrected chi connectivity index (χ3v) is 5.28. The van der Waals surface area contributed by atoms with Crippen LogP contribution < -0.4 is 11.1 Å². The Labute approximate surface area is 176 Å². The van der Waals surface area contributed by atoms with E-state index < -0.39 is 6.09 Å². The Kier molecular flexibility index (Phi) is 5.67. The van der Waals surface area contributed by atoms with Crippen LogP contribution in [0.2, 0.25) is 0 Å². The molecule has 0 saturated carbocycles. The summed E-state index contributed by atoms with van der Waals surface area (Å²) in [6.07, 6.45) is 1.73. The zero-order valence-electron chi connectivity index (χ0n) is 16.8. The molecule has 1 amide bonds. The maximum atomic E-state index is 12.1. The highest BCUT2D eigenvalue weighted by atomic mass is 16.5. The first-order chi connectivity index (χ1) is 14.6. The summed E-state index contributed by atoms with van der Waals surface area (Å²) in [5.41, 5.74) is 12.9. The maximum absolute atomic E-state index is 12.1. The fraction of sp³-hybridized carbons (Fsp3) is 0.200. The summed E-state index contributed by atoms with van der Waals surface area (Å²) in [6, 6.07) is 18.4. The maximum Gasteiger partial charge on any atom is 0.407 e. The van der Waals surface area contributed by atoms with Crippen molar-refractivity contribution in [3.05, 3.63) is 83.2 Å². The molecule has 2 aromatic carbocycles. The fourth-order valence-corrected chi connectivity index (χ4v) is 3.69. The summed E-state index contributed by atoms with van der Waals surface area (Å²) >= 11 is 0. The lowest BCUT2D eigenvalue weighted by molar-refractivity contribution is 0.143. The summed E-state index contributed by atoms with van der Waals surface area (Å²) in [5, 5.41) is 2.75. The zero-order chi connectivity index (χ0) is 20.9. The van der Waals surface area contributed by atoms with Gasteiger partial charge in [0.05, 0.1) is 5.69 Å². The molecule has 3 aromatic rings. The van der Waals surface area contributed by atoms with Gasteiger partial charge in [0.2, 0.25) is 0 Å². The van der Waals surface area contributed by atoms with E-state index in [4.69, 9.17) is 10.5 Å². The van der Waals surface area contributed by atoms with Crippen LogP contribution in [0.15, 0.2) is 60.8 Å². The van der Waals surface area contributed by atoms with Gasteiger partial charge in [-0.2, -0.15) is 0 Å². The highest BCUT2D eigenvalue weighted by Crippen LogP contribution is 2.44. The van der Waals surface area contributed by atoms with Crippen LogP contribution in [0.5, 0.6) is 0 Å². The van der Waals surface area contributed by atoms with Crippen LogP contribution in [0, 0.1) is 18.8 Å². The number of fused-ring (bicyclic) bond motifs is 3. The predicted octanol–water partition coefficient (Wildman–Crippen LogP) is 4.25. The first kappa shape index (κ1) is 19.5. The third kappa shape index (κ3) is 3.99. The van der Waals surface area contributed by atoms with Crippen molar-refractivity contribution in [2.75, 3.05) is 18.9 Å². The summed E-state index contributed by atoms with van der Waals surface area (Å²) in [7, 11) is 0.